The van der Waals surface area contributed by atoms with Crippen LogP contribution in [0.2, 0.25) is 0 Å². The summed E-state index contributed by atoms with van der Waals surface area (Å²) in [6.07, 6.45) is 5.51. The third kappa shape index (κ3) is 2.84. The van der Waals surface area contributed by atoms with Crippen molar-refractivity contribution in [2.45, 2.75) is 0 Å². The largest absolute Gasteiger partial charge is 0.466 e. The first-order chi connectivity index (χ1) is 5.24. The van der Waals surface area contributed by atoms with Crippen LogP contribution in [0.1, 0.15) is 0 Å². The van der Waals surface area contributed by atoms with Gasteiger partial charge in [0.25, 0.3) is 0 Å². The van der Waals surface area contributed by atoms with Crippen molar-refractivity contribution in [2.75, 3.05) is 20.7 Å². The van der Waals surface area contributed by atoms with Crippen molar-refractivity contribution in [3.8, 4) is 0 Å². The minimum absolute atomic E-state index is 0. The molecule has 0 aromatic heterocycles. The highest BCUT2D eigenvalue weighted by molar-refractivity contribution is 14.0. The Morgan fingerprint density at radius 1 is 1.67 bits per heavy atom. The highest BCUT2D eigenvalue weighted by Gasteiger charge is 2.11. The highest BCUT2D eigenvalue weighted by Crippen LogP contribution is 2.06. The molecule has 12 heavy (non-hydrogen) atoms. The lowest BCUT2D eigenvalue weighted by molar-refractivity contribution is -0.136. The molecule has 1 rings (SSSR count). The number of carbonyl (C=O) groups excluding carboxylic acids is 1. The number of carbonyl (C=O) groups is 1. The molecule has 1 heterocycles. The third-order valence-corrected chi connectivity index (χ3v) is 1.51. The van der Waals surface area contributed by atoms with Gasteiger partial charge in [0.2, 0.25) is 0 Å². The maximum absolute atomic E-state index is 11.0. The first kappa shape index (κ1) is 11.5. The Morgan fingerprint density at radius 2 is 2.33 bits per heavy atom. The zero-order valence-electron chi connectivity index (χ0n) is 7.11. The number of hydrogen-bond donors (Lipinski definition) is 0. The average Bonchev–Trinajstić information content (AvgIpc) is 2.03. The molecule has 0 N–H and O–H groups in total. The number of allylic oxidation sites excluding steroid dienone is 2. The SMILES string of the molecule is COC(=O)C1=CC=CN(C)C1.I. The van der Waals surface area contributed by atoms with Crippen LogP contribution in [0.4, 0.5) is 0 Å². The van der Waals surface area contributed by atoms with Crippen LogP contribution in [0.25, 0.3) is 0 Å². The second-order valence-corrected chi connectivity index (χ2v) is 2.44. The van der Waals surface area contributed by atoms with E-state index in [9.17, 15) is 4.79 Å². The summed E-state index contributed by atoms with van der Waals surface area (Å²) < 4.78 is 4.57. The molecular formula is C8H12INO2. The molecule has 1 aliphatic heterocycles. The van der Waals surface area contributed by atoms with Crippen LogP contribution in [0, 0.1) is 0 Å². The summed E-state index contributed by atoms with van der Waals surface area (Å²) in [5.74, 6) is -0.249. The molecule has 0 amide bonds. The Bertz CT molecular complexity index is 223. The fourth-order valence-corrected chi connectivity index (χ4v) is 0.944. The van der Waals surface area contributed by atoms with Gasteiger partial charge in [0.05, 0.1) is 12.7 Å². The Kier molecular flexibility index (Phi) is 4.96. The number of esters is 1. The van der Waals surface area contributed by atoms with Gasteiger partial charge in [-0.1, -0.05) is 0 Å². The lowest BCUT2D eigenvalue weighted by atomic mass is 10.2. The van der Waals surface area contributed by atoms with Crippen LogP contribution in [0.3, 0.4) is 0 Å². The Hall–Kier alpha value is -0.520. The predicted octanol–water partition coefficient (Wildman–Crippen LogP) is 1.16. The Labute approximate surface area is 89.1 Å². The maximum Gasteiger partial charge on any atom is 0.335 e. The van der Waals surface area contributed by atoms with E-state index in [0.717, 1.165) is 0 Å². The van der Waals surface area contributed by atoms with E-state index in [0.29, 0.717) is 12.1 Å². The molecule has 0 aromatic rings. The van der Waals surface area contributed by atoms with Gasteiger partial charge in [0.1, 0.15) is 0 Å². The number of likely N-dealkylation sites (N-methyl/N-ethyl adjacent to an activating group) is 1. The lowest BCUT2D eigenvalue weighted by Gasteiger charge is -2.17. The average molecular weight is 281 g/mol. The summed E-state index contributed by atoms with van der Waals surface area (Å²) in [5, 5.41) is 0. The van der Waals surface area contributed by atoms with Crippen LogP contribution < -0.4 is 0 Å². The van der Waals surface area contributed by atoms with Crippen LogP contribution >= 0.6 is 24.0 Å². The van der Waals surface area contributed by atoms with E-state index in [1.165, 1.54) is 7.11 Å². The lowest BCUT2D eigenvalue weighted by Crippen LogP contribution is -2.22. The van der Waals surface area contributed by atoms with Crippen molar-refractivity contribution in [1.82, 2.24) is 4.90 Å². The fraction of sp³-hybridized carbons (Fsp3) is 0.375. The van der Waals surface area contributed by atoms with E-state index in [4.69, 9.17) is 0 Å². The van der Waals surface area contributed by atoms with Gasteiger partial charge in [-0.3, -0.25) is 0 Å². The molecule has 68 valence electrons. The Balaban J connectivity index is 0.00000121. The van der Waals surface area contributed by atoms with Gasteiger partial charge < -0.3 is 9.64 Å². The highest BCUT2D eigenvalue weighted by atomic mass is 127. The number of halogens is 1. The minimum atomic E-state index is -0.249. The molecule has 0 atom stereocenters. The summed E-state index contributed by atoms with van der Waals surface area (Å²) in [7, 11) is 3.30. The molecule has 0 fully saturated rings. The van der Waals surface area contributed by atoms with E-state index in [1.807, 2.05) is 24.2 Å². The summed E-state index contributed by atoms with van der Waals surface area (Å²) in [4.78, 5) is 12.9. The van der Waals surface area contributed by atoms with Crippen LogP contribution in [0.15, 0.2) is 23.9 Å². The second kappa shape index (κ2) is 5.18. The second-order valence-electron chi connectivity index (χ2n) is 2.44. The molecule has 3 nitrogen and oxygen atoms in total. The fourth-order valence-electron chi connectivity index (χ4n) is 0.944. The minimum Gasteiger partial charge on any atom is -0.466 e. The van der Waals surface area contributed by atoms with Crippen LogP contribution in [-0.4, -0.2) is 31.6 Å². The van der Waals surface area contributed by atoms with E-state index < -0.39 is 0 Å². The topological polar surface area (TPSA) is 29.5 Å². The van der Waals surface area contributed by atoms with Crippen molar-refractivity contribution in [3.05, 3.63) is 23.9 Å². The quantitative estimate of drug-likeness (QED) is 0.533. The molecule has 0 saturated heterocycles. The first-order valence-electron chi connectivity index (χ1n) is 3.40. The maximum atomic E-state index is 11.0. The van der Waals surface area contributed by atoms with E-state index in [2.05, 4.69) is 4.74 Å². The van der Waals surface area contributed by atoms with Gasteiger partial charge in [-0.2, -0.15) is 0 Å². The molecule has 0 spiro atoms. The molecule has 0 aliphatic carbocycles. The van der Waals surface area contributed by atoms with E-state index in [1.54, 1.807) is 6.08 Å². The van der Waals surface area contributed by atoms with Crippen LogP contribution in [0.5, 0.6) is 0 Å². The van der Waals surface area contributed by atoms with Crippen molar-refractivity contribution < 1.29 is 9.53 Å². The molecular weight excluding hydrogens is 269 g/mol. The van der Waals surface area contributed by atoms with Gasteiger partial charge in [-0.15, -0.1) is 24.0 Å². The van der Waals surface area contributed by atoms with Crippen molar-refractivity contribution in [1.29, 1.82) is 0 Å². The molecule has 4 heteroatoms. The monoisotopic (exact) mass is 281 g/mol. The molecule has 0 unspecified atom stereocenters. The zero-order chi connectivity index (χ0) is 8.27. The Morgan fingerprint density at radius 3 is 2.83 bits per heavy atom. The zero-order valence-corrected chi connectivity index (χ0v) is 9.44. The number of nitrogens with zero attached hydrogens (tertiary/aromatic N) is 1. The van der Waals surface area contributed by atoms with Gasteiger partial charge in [0, 0.05) is 13.6 Å². The van der Waals surface area contributed by atoms with Gasteiger partial charge in [0.15, 0.2) is 0 Å². The predicted molar refractivity (Wildman–Crippen MR) is 57.3 cm³/mol. The molecule has 0 bridgehead atoms. The van der Waals surface area contributed by atoms with Gasteiger partial charge in [-0.05, 0) is 18.4 Å². The van der Waals surface area contributed by atoms with Gasteiger partial charge in [-0.25, -0.2) is 4.79 Å². The number of ether oxygens (including phenoxy) is 1. The molecule has 0 radical (unpaired) electrons. The third-order valence-electron chi connectivity index (χ3n) is 1.51. The van der Waals surface area contributed by atoms with Crippen molar-refractivity contribution in [2.24, 2.45) is 0 Å². The van der Waals surface area contributed by atoms with E-state index in [-0.39, 0.29) is 29.9 Å². The van der Waals surface area contributed by atoms with Gasteiger partial charge >= 0.3 is 5.97 Å². The number of rotatable bonds is 1. The number of hydrogen-bond acceptors (Lipinski definition) is 3. The molecule has 1 aliphatic rings. The first-order valence-corrected chi connectivity index (χ1v) is 3.40. The summed E-state index contributed by atoms with van der Waals surface area (Å²) >= 11 is 0. The molecule has 0 aromatic carbocycles. The number of methoxy groups -OCH3 is 1. The smallest absolute Gasteiger partial charge is 0.335 e. The normalized spacial score (nSPS) is 14.8. The summed E-state index contributed by atoms with van der Waals surface area (Å²) in [6.45, 7) is 0.628. The van der Waals surface area contributed by atoms with Crippen LogP contribution in [-0.2, 0) is 9.53 Å². The molecule has 0 saturated carbocycles. The van der Waals surface area contributed by atoms with Crippen molar-refractivity contribution >= 4 is 29.9 Å². The summed E-state index contributed by atoms with van der Waals surface area (Å²) in [5.41, 5.74) is 0.692. The summed E-state index contributed by atoms with van der Waals surface area (Å²) in [6, 6.07) is 0. The van der Waals surface area contributed by atoms with E-state index >= 15 is 0 Å². The van der Waals surface area contributed by atoms with Crippen molar-refractivity contribution in [3.63, 3.8) is 0 Å². The standard InChI is InChI=1S/C8H11NO2.HI/c1-9-5-3-4-7(6-9)8(10)11-2;/h3-5H,6H2,1-2H3;1H.